The van der Waals surface area contributed by atoms with Gasteiger partial charge in [0.05, 0.1) is 25.5 Å². The topological polar surface area (TPSA) is 45.8 Å². The van der Waals surface area contributed by atoms with Gasteiger partial charge in [-0.3, -0.25) is 4.90 Å². The quantitative estimate of drug-likeness (QED) is 0.730. The summed E-state index contributed by atoms with van der Waals surface area (Å²) in [6.45, 7) is 7.23. The summed E-state index contributed by atoms with van der Waals surface area (Å²) < 4.78 is 11.0. The van der Waals surface area contributed by atoms with Crippen LogP contribution in [0.3, 0.4) is 0 Å². The molecule has 4 nitrogen and oxygen atoms in total. The maximum absolute atomic E-state index is 10.2. The number of benzene rings is 1. The van der Waals surface area contributed by atoms with Gasteiger partial charge in [-0.25, -0.2) is 0 Å². The average molecular weight is 317 g/mol. The van der Waals surface area contributed by atoms with Gasteiger partial charge in [0.1, 0.15) is 5.76 Å². The first kappa shape index (κ1) is 17.7. The highest BCUT2D eigenvalue weighted by Gasteiger charge is 2.14. The van der Waals surface area contributed by atoms with E-state index < -0.39 is 6.10 Å². The molecule has 4 heteroatoms. The molecule has 0 spiro atoms. The van der Waals surface area contributed by atoms with Crippen LogP contribution in [0.5, 0.6) is 0 Å². The number of hydrogen-bond donors (Lipinski definition) is 1. The molecule has 0 aliphatic carbocycles. The Labute approximate surface area is 138 Å². The van der Waals surface area contributed by atoms with Gasteiger partial charge < -0.3 is 14.3 Å². The fourth-order valence-corrected chi connectivity index (χ4v) is 2.44. The summed E-state index contributed by atoms with van der Waals surface area (Å²) in [5.41, 5.74) is 1.22. The lowest BCUT2D eigenvalue weighted by Crippen LogP contribution is -2.34. The van der Waals surface area contributed by atoms with E-state index >= 15 is 0 Å². The second kappa shape index (κ2) is 9.50. The minimum atomic E-state index is -0.507. The summed E-state index contributed by atoms with van der Waals surface area (Å²) in [7, 11) is 0. The SMILES string of the molecule is CC(C)COC[C@H](O)CN(Cc1ccccc1)Cc1ccco1. The Hall–Kier alpha value is -1.62. The van der Waals surface area contributed by atoms with Crippen LogP contribution >= 0.6 is 0 Å². The fraction of sp³-hybridized carbons (Fsp3) is 0.474. The molecule has 1 heterocycles. The number of aliphatic hydroxyl groups is 1. The molecule has 0 aliphatic rings. The number of furan rings is 1. The van der Waals surface area contributed by atoms with E-state index in [4.69, 9.17) is 9.15 Å². The van der Waals surface area contributed by atoms with E-state index in [-0.39, 0.29) is 0 Å². The van der Waals surface area contributed by atoms with Gasteiger partial charge in [0.15, 0.2) is 0 Å². The van der Waals surface area contributed by atoms with Crippen molar-refractivity contribution in [2.75, 3.05) is 19.8 Å². The summed E-state index contributed by atoms with van der Waals surface area (Å²) in [5, 5.41) is 10.2. The van der Waals surface area contributed by atoms with E-state index in [0.29, 0.717) is 32.2 Å². The summed E-state index contributed by atoms with van der Waals surface area (Å²) in [5.74, 6) is 1.38. The van der Waals surface area contributed by atoms with Crippen molar-refractivity contribution in [2.45, 2.75) is 33.0 Å². The summed E-state index contributed by atoms with van der Waals surface area (Å²) >= 11 is 0. The number of nitrogens with zero attached hydrogens (tertiary/aromatic N) is 1. The van der Waals surface area contributed by atoms with E-state index in [1.807, 2.05) is 30.3 Å². The van der Waals surface area contributed by atoms with Crippen LogP contribution in [0.25, 0.3) is 0 Å². The van der Waals surface area contributed by atoms with E-state index in [9.17, 15) is 5.11 Å². The highest BCUT2D eigenvalue weighted by molar-refractivity contribution is 5.14. The van der Waals surface area contributed by atoms with E-state index in [1.165, 1.54) is 5.56 Å². The van der Waals surface area contributed by atoms with Gasteiger partial charge >= 0.3 is 0 Å². The van der Waals surface area contributed by atoms with Crippen LogP contribution in [-0.4, -0.2) is 35.9 Å². The van der Waals surface area contributed by atoms with E-state index in [1.54, 1.807) is 6.26 Å². The summed E-state index contributed by atoms with van der Waals surface area (Å²) in [6, 6.07) is 14.1. The average Bonchev–Trinajstić information content (AvgIpc) is 3.00. The number of hydrogen-bond acceptors (Lipinski definition) is 4. The van der Waals surface area contributed by atoms with Crippen LogP contribution in [0.1, 0.15) is 25.2 Å². The molecule has 0 fully saturated rings. The molecule has 0 amide bonds. The maximum Gasteiger partial charge on any atom is 0.117 e. The zero-order valence-corrected chi connectivity index (χ0v) is 14.0. The van der Waals surface area contributed by atoms with Crippen LogP contribution in [0.15, 0.2) is 53.1 Å². The molecule has 0 saturated heterocycles. The predicted molar refractivity (Wildman–Crippen MR) is 90.9 cm³/mol. The van der Waals surface area contributed by atoms with Crippen LogP contribution in [0.4, 0.5) is 0 Å². The number of aliphatic hydroxyl groups excluding tert-OH is 1. The zero-order chi connectivity index (χ0) is 16.5. The molecule has 0 saturated carbocycles. The van der Waals surface area contributed by atoms with Crippen LogP contribution in [0, 0.1) is 5.92 Å². The monoisotopic (exact) mass is 317 g/mol. The lowest BCUT2D eigenvalue weighted by molar-refractivity contribution is 0.00460. The molecule has 0 bridgehead atoms. The summed E-state index contributed by atoms with van der Waals surface area (Å²) in [4.78, 5) is 2.18. The van der Waals surface area contributed by atoms with Crippen molar-refractivity contribution in [1.29, 1.82) is 0 Å². The molecule has 126 valence electrons. The van der Waals surface area contributed by atoms with Gasteiger partial charge in [0.25, 0.3) is 0 Å². The second-order valence-electron chi connectivity index (χ2n) is 6.32. The normalized spacial score (nSPS) is 12.9. The predicted octanol–water partition coefficient (Wildman–Crippen LogP) is 3.32. The smallest absolute Gasteiger partial charge is 0.117 e. The Balaban J connectivity index is 1.90. The van der Waals surface area contributed by atoms with Gasteiger partial charge in [-0.1, -0.05) is 44.2 Å². The molecule has 1 aromatic heterocycles. The van der Waals surface area contributed by atoms with Crippen LogP contribution in [-0.2, 0) is 17.8 Å². The number of ether oxygens (including phenoxy) is 1. The van der Waals surface area contributed by atoms with E-state index in [2.05, 4.69) is 30.9 Å². The third-order valence-electron chi connectivity index (χ3n) is 3.44. The molecular formula is C19H27NO3. The lowest BCUT2D eigenvalue weighted by Gasteiger charge is -2.24. The third-order valence-corrected chi connectivity index (χ3v) is 3.44. The molecule has 1 atom stereocenters. The molecule has 2 aromatic rings. The largest absolute Gasteiger partial charge is 0.468 e. The third kappa shape index (κ3) is 6.99. The molecule has 0 aliphatic heterocycles. The van der Waals surface area contributed by atoms with Gasteiger partial charge in [0, 0.05) is 19.7 Å². The van der Waals surface area contributed by atoms with E-state index in [0.717, 1.165) is 12.3 Å². The Morgan fingerprint density at radius 1 is 1.04 bits per heavy atom. The maximum atomic E-state index is 10.2. The molecule has 0 unspecified atom stereocenters. The van der Waals surface area contributed by atoms with Gasteiger partial charge in [-0.15, -0.1) is 0 Å². The molecule has 1 N–H and O–H groups in total. The Bertz CT molecular complexity index is 525. The summed E-state index contributed by atoms with van der Waals surface area (Å²) in [6.07, 6.45) is 1.17. The first-order valence-electron chi connectivity index (χ1n) is 8.18. The van der Waals surface area contributed by atoms with Gasteiger partial charge in [-0.05, 0) is 23.6 Å². The highest BCUT2D eigenvalue weighted by Crippen LogP contribution is 2.11. The Kier molecular flexibility index (Phi) is 7.33. The van der Waals surface area contributed by atoms with Crippen molar-refractivity contribution in [1.82, 2.24) is 4.90 Å². The first-order chi connectivity index (χ1) is 11.1. The van der Waals surface area contributed by atoms with Crippen LogP contribution in [0.2, 0.25) is 0 Å². The highest BCUT2D eigenvalue weighted by atomic mass is 16.5. The van der Waals surface area contributed by atoms with Crippen LogP contribution < -0.4 is 0 Å². The standard InChI is InChI=1S/C19H27NO3/c1-16(2)14-22-15-18(21)12-20(13-19-9-6-10-23-19)11-17-7-4-3-5-8-17/h3-10,16,18,21H,11-15H2,1-2H3/t18-/m1/s1. The van der Waals surface area contributed by atoms with Gasteiger partial charge in [0.2, 0.25) is 0 Å². The molecule has 1 aromatic carbocycles. The molecule has 23 heavy (non-hydrogen) atoms. The van der Waals surface area contributed by atoms with Crippen molar-refractivity contribution in [3.8, 4) is 0 Å². The lowest BCUT2D eigenvalue weighted by atomic mass is 10.2. The molecule has 2 rings (SSSR count). The molecular weight excluding hydrogens is 290 g/mol. The first-order valence-corrected chi connectivity index (χ1v) is 8.18. The Morgan fingerprint density at radius 3 is 2.48 bits per heavy atom. The van der Waals surface area contributed by atoms with Crippen molar-refractivity contribution in [2.24, 2.45) is 5.92 Å². The number of rotatable bonds is 10. The minimum absolute atomic E-state index is 0.363. The fourth-order valence-electron chi connectivity index (χ4n) is 2.44. The molecule has 0 radical (unpaired) electrons. The van der Waals surface area contributed by atoms with Crippen molar-refractivity contribution in [3.05, 3.63) is 60.1 Å². The minimum Gasteiger partial charge on any atom is -0.468 e. The Morgan fingerprint density at radius 2 is 1.83 bits per heavy atom. The van der Waals surface area contributed by atoms with Crippen molar-refractivity contribution < 1.29 is 14.3 Å². The van der Waals surface area contributed by atoms with Crippen molar-refractivity contribution >= 4 is 0 Å². The van der Waals surface area contributed by atoms with Crippen molar-refractivity contribution in [3.63, 3.8) is 0 Å². The zero-order valence-electron chi connectivity index (χ0n) is 14.0. The van der Waals surface area contributed by atoms with Gasteiger partial charge in [-0.2, -0.15) is 0 Å². The second-order valence-corrected chi connectivity index (χ2v) is 6.32.